The van der Waals surface area contributed by atoms with Crippen LogP contribution in [0, 0.1) is 0 Å². The van der Waals surface area contributed by atoms with Crippen molar-refractivity contribution < 1.29 is 19.1 Å². The van der Waals surface area contributed by atoms with E-state index in [0.29, 0.717) is 23.1 Å². The number of carbonyl (C=O) groups excluding carboxylic acids is 2. The molecule has 0 bridgehead atoms. The molecule has 0 fully saturated rings. The number of nitrogens with zero attached hydrogens (tertiary/aromatic N) is 3. The fourth-order valence-electron chi connectivity index (χ4n) is 3.07. The van der Waals surface area contributed by atoms with Crippen LogP contribution in [0.3, 0.4) is 0 Å². The SMILES string of the molecule is COc1ccc(NC(=O)COc2ccc([C@H]3CC(=O)Nc4ncnn43)cc2)cc1. The summed E-state index contributed by atoms with van der Waals surface area (Å²) >= 11 is 0. The average molecular weight is 393 g/mol. The number of fused-ring (bicyclic) bond motifs is 1. The van der Waals surface area contributed by atoms with Crippen LogP contribution >= 0.6 is 0 Å². The second-order valence-corrected chi connectivity index (χ2v) is 6.43. The summed E-state index contributed by atoms with van der Waals surface area (Å²) in [5.74, 6) is 1.33. The van der Waals surface area contributed by atoms with Crippen LogP contribution in [0.2, 0.25) is 0 Å². The third-order valence-electron chi connectivity index (χ3n) is 4.51. The highest BCUT2D eigenvalue weighted by Crippen LogP contribution is 2.29. The first kappa shape index (κ1) is 18.5. The Kier molecular flexibility index (Phi) is 5.10. The van der Waals surface area contributed by atoms with Crippen molar-refractivity contribution in [2.75, 3.05) is 24.4 Å². The van der Waals surface area contributed by atoms with E-state index < -0.39 is 0 Å². The number of rotatable bonds is 6. The number of amides is 2. The summed E-state index contributed by atoms with van der Waals surface area (Å²) in [4.78, 5) is 28.0. The van der Waals surface area contributed by atoms with Gasteiger partial charge >= 0.3 is 0 Å². The Labute approximate surface area is 166 Å². The lowest BCUT2D eigenvalue weighted by Gasteiger charge is -2.23. The minimum Gasteiger partial charge on any atom is -0.497 e. The molecule has 9 heteroatoms. The van der Waals surface area contributed by atoms with Gasteiger partial charge in [0.25, 0.3) is 5.91 Å². The van der Waals surface area contributed by atoms with E-state index in [9.17, 15) is 9.59 Å². The van der Waals surface area contributed by atoms with Crippen LogP contribution in [-0.2, 0) is 9.59 Å². The first-order valence-electron chi connectivity index (χ1n) is 8.98. The molecule has 0 saturated carbocycles. The van der Waals surface area contributed by atoms with Crippen molar-refractivity contribution in [1.29, 1.82) is 0 Å². The van der Waals surface area contributed by atoms with Crippen LogP contribution < -0.4 is 20.1 Å². The summed E-state index contributed by atoms with van der Waals surface area (Å²) in [7, 11) is 1.58. The Morgan fingerprint density at radius 1 is 1.17 bits per heavy atom. The summed E-state index contributed by atoms with van der Waals surface area (Å²) in [6.45, 7) is -0.121. The van der Waals surface area contributed by atoms with Crippen LogP contribution in [0.1, 0.15) is 18.0 Å². The Bertz CT molecular complexity index is 1010. The standard InChI is InChI=1S/C20H19N5O4/c1-28-15-8-4-14(5-9-15)23-19(27)11-29-16-6-2-13(3-7-16)17-10-18(26)24-20-21-12-22-25(17)20/h2-9,12,17H,10-11H2,1H3,(H,23,27)(H,21,22,24,26)/t17-/m1/s1. The van der Waals surface area contributed by atoms with Gasteiger partial charge < -0.3 is 14.8 Å². The predicted octanol–water partition coefficient (Wildman–Crippen LogP) is 2.24. The maximum Gasteiger partial charge on any atom is 0.262 e. The van der Waals surface area contributed by atoms with Gasteiger partial charge in [-0.15, -0.1) is 0 Å². The zero-order chi connectivity index (χ0) is 20.2. The first-order chi connectivity index (χ1) is 14.1. The molecule has 1 aliphatic heterocycles. The average Bonchev–Trinajstić information content (AvgIpc) is 3.21. The molecule has 0 saturated heterocycles. The van der Waals surface area contributed by atoms with Crippen LogP contribution in [-0.4, -0.2) is 40.3 Å². The molecule has 0 radical (unpaired) electrons. The minimum atomic E-state index is -0.268. The summed E-state index contributed by atoms with van der Waals surface area (Å²) in [6, 6.07) is 14.0. The highest BCUT2D eigenvalue weighted by Gasteiger charge is 2.27. The van der Waals surface area contributed by atoms with E-state index in [1.807, 2.05) is 12.1 Å². The monoisotopic (exact) mass is 393 g/mol. The molecule has 0 spiro atoms. The Hall–Kier alpha value is -3.88. The number of nitrogens with one attached hydrogen (secondary N) is 2. The van der Waals surface area contributed by atoms with E-state index in [-0.39, 0.29) is 30.9 Å². The number of aromatic nitrogens is 3. The van der Waals surface area contributed by atoms with Crippen molar-refractivity contribution in [2.45, 2.75) is 12.5 Å². The van der Waals surface area contributed by atoms with Gasteiger partial charge in [-0.25, -0.2) is 4.68 Å². The molecule has 1 aliphatic rings. The first-order valence-corrected chi connectivity index (χ1v) is 8.98. The van der Waals surface area contributed by atoms with E-state index in [0.717, 1.165) is 5.56 Å². The molecule has 4 rings (SSSR count). The predicted molar refractivity (Wildman–Crippen MR) is 105 cm³/mol. The van der Waals surface area contributed by atoms with Crippen molar-refractivity contribution >= 4 is 23.5 Å². The lowest BCUT2D eigenvalue weighted by molar-refractivity contribution is -0.118. The molecule has 0 aliphatic carbocycles. The van der Waals surface area contributed by atoms with Crippen molar-refractivity contribution in [1.82, 2.24) is 14.8 Å². The third kappa shape index (κ3) is 4.18. The topological polar surface area (TPSA) is 107 Å². The smallest absolute Gasteiger partial charge is 0.262 e. The number of anilines is 2. The highest BCUT2D eigenvalue weighted by molar-refractivity contribution is 5.92. The number of methoxy groups -OCH3 is 1. The van der Waals surface area contributed by atoms with Crippen molar-refractivity contribution in [3.8, 4) is 11.5 Å². The second kappa shape index (κ2) is 8.01. The molecule has 2 aromatic carbocycles. The summed E-state index contributed by atoms with van der Waals surface area (Å²) < 4.78 is 12.3. The number of ether oxygens (including phenoxy) is 2. The van der Waals surface area contributed by atoms with Gasteiger partial charge in [0.05, 0.1) is 19.6 Å². The summed E-state index contributed by atoms with van der Waals surface area (Å²) in [6.07, 6.45) is 1.69. The number of carbonyl (C=O) groups is 2. The third-order valence-corrected chi connectivity index (χ3v) is 4.51. The lowest BCUT2D eigenvalue weighted by Crippen LogP contribution is -2.29. The van der Waals surface area contributed by atoms with E-state index in [1.54, 1.807) is 48.2 Å². The van der Waals surface area contributed by atoms with Gasteiger partial charge in [-0.1, -0.05) is 12.1 Å². The quantitative estimate of drug-likeness (QED) is 0.665. The Balaban J connectivity index is 1.35. The molecule has 1 atom stereocenters. The number of hydrogen-bond donors (Lipinski definition) is 2. The molecule has 3 aromatic rings. The van der Waals surface area contributed by atoms with Crippen molar-refractivity contribution in [3.05, 3.63) is 60.4 Å². The molecule has 148 valence electrons. The van der Waals surface area contributed by atoms with Gasteiger partial charge in [-0.05, 0) is 42.0 Å². The molecule has 2 heterocycles. The van der Waals surface area contributed by atoms with Crippen LogP contribution in [0.15, 0.2) is 54.9 Å². The van der Waals surface area contributed by atoms with E-state index in [2.05, 4.69) is 20.7 Å². The van der Waals surface area contributed by atoms with Crippen LogP contribution in [0.25, 0.3) is 0 Å². The lowest BCUT2D eigenvalue weighted by atomic mass is 10.0. The molecule has 9 nitrogen and oxygen atoms in total. The second-order valence-electron chi connectivity index (χ2n) is 6.43. The number of hydrogen-bond acceptors (Lipinski definition) is 6. The van der Waals surface area contributed by atoms with Gasteiger partial charge in [0.2, 0.25) is 11.9 Å². The van der Waals surface area contributed by atoms with Crippen LogP contribution in [0.4, 0.5) is 11.6 Å². The minimum absolute atomic E-state index is 0.106. The molecule has 1 aromatic heterocycles. The number of benzene rings is 2. The maximum absolute atomic E-state index is 12.1. The normalized spacial score (nSPS) is 15.2. The van der Waals surface area contributed by atoms with Gasteiger partial charge in [0, 0.05) is 5.69 Å². The fourth-order valence-corrected chi connectivity index (χ4v) is 3.07. The van der Waals surface area contributed by atoms with Gasteiger partial charge in [-0.2, -0.15) is 10.1 Å². The van der Waals surface area contributed by atoms with E-state index in [4.69, 9.17) is 9.47 Å². The van der Waals surface area contributed by atoms with Crippen molar-refractivity contribution in [2.24, 2.45) is 0 Å². The van der Waals surface area contributed by atoms with Gasteiger partial charge in [0.15, 0.2) is 6.61 Å². The fraction of sp³-hybridized carbons (Fsp3) is 0.200. The Morgan fingerprint density at radius 2 is 1.90 bits per heavy atom. The summed E-state index contributed by atoms with van der Waals surface area (Å²) in [5.41, 5.74) is 1.57. The highest BCUT2D eigenvalue weighted by atomic mass is 16.5. The zero-order valence-electron chi connectivity index (χ0n) is 15.7. The molecule has 2 amide bonds. The van der Waals surface area contributed by atoms with Crippen LogP contribution in [0.5, 0.6) is 11.5 Å². The maximum atomic E-state index is 12.1. The molecular weight excluding hydrogens is 374 g/mol. The molecule has 2 N–H and O–H groups in total. The van der Waals surface area contributed by atoms with Gasteiger partial charge in [0.1, 0.15) is 17.8 Å². The van der Waals surface area contributed by atoms with E-state index in [1.165, 1.54) is 6.33 Å². The van der Waals surface area contributed by atoms with E-state index >= 15 is 0 Å². The van der Waals surface area contributed by atoms with Crippen molar-refractivity contribution in [3.63, 3.8) is 0 Å². The zero-order valence-corrected chi connectivity index (χ0v) is 15.7. The Morgan fingerprint density at radius 3 is 2.62 bits per heavy atom. The largest absolute Gasteiger partial charge is 0.497 e. The van der Waals surface area contributed by atoms with Gasteiger partial charge in [-0.3, -0.25) is 14.9 Å². The summed E-state index contributed by atoms with van der Waals surface area (Å²) in [5, 5.41) is 9.62. The molecule has 0 unspecified atom stereocenters. The molecular formula is C20H19N5O4. The molecule has 29 heavy (non-hydrogen) atoms.